The molecule has 2 aromatic carbocycles. The van der Waals surface area contributed by atoms with Gasteiger partial charge in [0.05, 0.1) is 12.2 Å². The zero-order valence-corrected chi connectivity index (χ0v) is 15.9. The normalized spacial score (nSPS) is 19.1. The first kappa shape index (κ1) is 16.6. The molecule has 0 spiro atoms. The quantitative estimate of drug-likeness (QED) is 0.535. The molecule has 27 heavy (non-hydrogen) atoms. The molecule has 0 bridgehead atoms. The number of rotatable bonds is 3. The van der Waals surface area contributed by atoms with E-state index >= 15 is 0 Å². The van der Waals surface area contributed by atoms with E-state index in [1.54, 1.807) is 18.0 Å². The van der Waals surface area contributed by atoms with Crippen molar-refractivity contribution in [2.24, 2.45) is 0 Å². The summed E-state index contributed by atoms with van der Waals surface area (Å²) in [6, 6.07) is 20.9. The lowest BCUT2D eigenvalue weighted by Gasteiger charge is -2.34. The third kappa shape index (κ3) is 2.96. The van der Waals surface area contributed by atoms with Gasteiger partial charge in [-0.05, 0) is 17.7 Å². The maximum atomic E-state index is 12.3. The van der Waals surface area contributed by atoms with Crippen molar-refractivity contribution in [2.75, 3.05) is 5.75 Å². The monoisotopic (exact) mass is 392 g/mol. The van der Waals surface area contributed by atoms with Gasteiger partial charge < -0.3 is 0 Å². The average molecular weight is 393 g/mol. The number of nitrogens with one attached hydrogen (secondary N) is 1. The second-order valence-corrected chi connectivity index (χ2v) is 8.64. The molecule has 0 fully saturated rings. The van der Waals surface area contributed by atoms with Crippen LogP contribution in [0.2, 0.25) is 0 Å². The number of thioether (sulfide) groups is 2. The molecule has 1 aliphatic heterocycles. The maximum absolute atomic E-state index is 12.3. The third-order valence-corrected chi connectivity index (χ3v) is 7.23. The fraction of sp³-hybridized carbons (Fsp3) is 0.150. The summed E-state index contributed by atoms with van der Waals surface area (Å²) in [6.45, 7) is 0. The summed E-state index contributed by atoms with van der Waals surface area (Å²) >= 11 is 3.49. The average Bonchev–Trinajstić information content (AvgIpc) is 3.20. The summed E-state index contributed by atoms with van der Waals surface area (Å²) < 4.78 is 2.15. The summed E-state index contributed by atoms with van der Waals surface area (Å²) in [7, 11) is 0. The molecule has 134 valence electrons. The van der Waals surface area contributed by atoms with E-state index in [0.29, 0.717) is 10.6 Å². The summed E-state index contributed by atoms with van der Waals surface area (Å²) in [5.41, 5.74) is 1.72. The van der Waals surface area contributed by atoms with Gasteiger partial charge in [-0.1, -0.05) is 60.3 Å². The summed E-state index contributed by atoms with van der Waals surface area (Å²) in [4.78, 5) is 17.9. The number of H-pyrrole nitrogens is 1. The zero-order valence-electron chi connectivity index (χ0n) is 14.3. The first-order valence-electron chi connectivity index (χ1n) is 8.66. The van der Waals surface area contributed by atoms with E-state index in [-0.39, 0.29) is 11.6 Å². The Bertz CT molecular complexity index is 1140. The van der Waals surface area contributed by atoms with Crippen molar-refractivity contribution in [3.63, 3.8) is 0 Å². The number of benzene rings is 2. The fourth-order valence-corrected chi connectivity index (χ4v) is 6.01. The molecule has 3 heterocycles. The first-order valence-corrected chi connectivity index (χ1v) is 10.5. The van der Waals surface area contributed by atoms with E-state index in [1.807, 2.05) is 23.9 Å². The van der Waals surface area contributed by atoms with Gasteiger partial charge in [-0.25, -0.2) is 0 Å². The number of aromatic nitrogens is 4. The van der Waals surface area contributed by atoms with E-state index in [0.717, 1.165) is 16.6 Å². The number of aromatic amines is 1. The largest absolute Gasteiger partial charge is 0.296 e. The van der Waals surface area contributed by atoms with Crippen LogP contribution in [-0.2, 0) is 0 Å². The van der Waals surface area contributed by atoms with Crippen molar-refractivity contribution >= 4 is 34.6 Å². The van der Waals surface area contributed by atoms with Gasteiger partial charge in [0.15, 0.2) is 5.16 Å². The molecule has 1 N–H and O–H groups in total. The standard InChI is InChI=1S/C20H16N4OS2/c25-19-15-11-21-23-18(15)24-17(13-7-3-1-4-8-13)16(12-26-20(24)22-19)27-14-9-5-2-6-10-14/h1-11,16-17H,12H2,(H,21,23)/t16-,17+/m0/s1. The summed E-state index contributed by atoms with van der Waals surface area (Å²) in [5.74, 6) is 0.880. The van der Waals surface area contributed by atoms with Crippen LogP contribution in [0.5, 0.6) is 0 Å². The van der Waals surface area contributed by atoms with E-state index in [9.17, 15) is 4.79 Å². The van der Waals surface area contributed by atoms with E-state index < -0.39 is 0 Å². The molecule has 0 radical (unpaired) electrons. The highest BCUT2D eigenvalue weighted by molar-refractivity contribution is 8.03. The van der Waals surface area contributed by atoms with Crippen molar-refractivity contribution < 1.29 is 0 Å². The smallest absolute Gasteiger partial charge is 0.284 e. The van der Waals surface area contributed by atoms with Crippen LogP contribution in [-0.4, -0.2) is 30.8 Å². The Hall–Kier alpha value is -2.51. The zero-order chi connectivity index (χ0) is 18.2. The predicted octanol–water partition coefficient (Wildman–Crippen LogP) is 3.98. The van der Waals surface area contributed by atoms with Crippen molar-refractivity contribution in [1.29, 1.82) is 0 Å². The molecule has 0 amide bonds. The molecule has 0 saturated heterocycles. The Morgan fingerprint density at radius 3 is 2.59 bits per heavy atom. The summed E-state index contributed by atoms with van der Waals surface area (Å²) in [6.07, 6.45) is 1.57. The Kier molecular flexibility index (Phi) is 4.26. The molecular formula is C20H16N4OS2. The van der Waals surface area contributed by atoms with Crippen LogP contribution < -0.4 is 5.56 Å². The SMILES string of the molecule is O=c1nc2n(c3[nH]ncc13)[C@H](c1ccccc1)[C@@H](Sc1ccccc1)CS2. The van der Waals surface area contributed by atoms with Crippen LogP contribution in [0.15, 0.2) is 81.7 Å². The second kappa shape index (κ2) is 6.90. The molecular weight excluding hydrogens is 376 g/mol. The van der Waals surface area contributed by atoms with Crippen molar-refractivity contribution in [2.45, 2.75) is 21.3 Å². The molecule has 7 heteroatoms. The molecule has 5 nitrogen and oxygen atoms in total. The van der Waals surface area contributed by atoms with Crippen LogP contribution in [0, 0.1) is 0 Å². The van der Waals surface area contributed by atoms with E-state index in [4.69, 9.17) is 0 Å². The van der Waals surface area contributed by atoms with Gasteiger partial charge in [0.25, 0.3) is 5.56 Å². The van der Waals surface area contributed by atoms with E-state index in [1.165, 1.54) is 10.5 Å². The Morgan fingerprint density at radius 2 is 1.81 bits per heavy atom. The maximum Gasteiger partial charge on any atom is 0.284 e. The number of nitrogens with zero attached hydrogens (tertiary/aromatic N) is 3. The highest BCUT2D eigenvalue weighted by Crippen LogP contribution is 2.43. The van der Waals surface area contributed by atoms with Crippen LogP contribution in [0.1, 0.15) is 11.6 Å². The molecule has 5 rings (SSSR count). The number of fused-ring (bicyclic) bond motifs is 3. The lowest BCUT2D eigenvalue weighted by molar-refractivity contribution is 0.519. The Morgan fingerprint density at radius 1 is 1.07 bits per heavy atom. The molecule has 1 aliphatic rings. The van der Waals surface area contributed by atoms with Crippen LogP contribution >= 0.6 is 23.5 Å². The first-order chi connectivity index (χ1) is 13.3. The molecule has 2 aromatic heterocycles. The molecule has 0 unspecified atom stereocenters. The van der Waals surface area contributed by atoms with Gasteiger partial charge in [-0.3, -0.25) is 14.5 Å². The number of hydrogen-bond acceptors (Lipinski definition) is 5. The second-order valence-electron chi connectivity index (χ2n) is 6.34. The highest BCUT2D eigenvalue weighted by Gasteiger charge is 2.34. The van der Waals surface area contributed by atoms with Gasteiger partial charge in [-0.2, -0.15) is 10.1 Å². The lowest BCUT2D eigenvalue weighted by Crippen LogP contribution is -2.33. The van der Waals surface area contributed by atoms with Crippen LogP contribution in [0.4, 0.5) is 0 Å². The number of hydrogen-bond donors (Lipinski definition) is 1. The molecule has 0 saturated carbocycles. The topological polar surface area (TPSA) is 63.6 Å². The Balaban J connectivity index is 1.69. The van der Waals surface area contributed by atoms with Gasteiger partial charge in [0.2, 0.25) is 0 Å². The highest BCUT2D eigenvalue weighted by atomic mass is 32.2. The third-order valence-electron chi connectivity index (χ3n) is 4.67. The van der Waals surface area contributed by atoms with Gasteiger partial charge in [0, 0.05) is 15.9 Å². The lowest BCUT2D eigenvalue weighted by atomic mass is 10.0. The minimum Gasteiger partial charge on any atom is -0.296 e. The van der Waals surface area contributed by atoms with Crippen molar-refractivity contribution in [1.82, 2.24) is 19.7 Å². The molecule has 0 aliphatic carbocycles. The van der Waals surface area contributed by atoms with Crippen LogP contribution in [0.25, 0.3) is 11.0 Å². The van der Waals surface area contributed by atoms with Crippen molar-refractivity contribution in [3.8, 4) is 0 Å². The summed E-state index contributed by atoms with van der Waals surface area (Å²) in [5, 5.41) is 8.70. The Labute approximate surface area is 164 Å². The minimum absolute atomic E-state index is 0.0590. The van der Waals surface area contributed by atoms with Gasteiger partial charge in [-0.15, -0.1) is 11.8 Å². The fourth-order valence-electron chi connectivity index (χ4n) is 3.48. The predicted molar refractivity (Wildman–Crippen MR) is 110 cm³/mol. The molecule has 2 atom stereocenters. The van der Waals surface area contributed by atoms with Crippen molar-refractivity contribution in [3.05, 3.63) is 82.8 Å². The minimum atomic E-state index is -0.224. The van der Waals surface area contributed by atoms with E-state index in [2.05, 4.69) is 68.3 Å². The van der Waals surface area contributed by atoms with Gasteiger partial charge >= 0.3 is 0 Å². The molecule has 4 aromatic rings. The van der Waals surface area contributed by atoms with Gasteiger partial charge in [0.1, 0.15) is 11.0 Å². The van der Waals surface area contributed by atoms with Crippen LogP contribution in [0.3, 0.4) is 0 Å².